The van der Waals surface area contributed by atoms with E-state index in [1.807, 2.05) is 20.8 Å². The maximum Gasteiger partial charge on any atom is 0.297 e. The topological polar surface area (TPSA) is 161 Å². The summed E-state index contributed by atoms with van der Waals surface area (Å²) in [4.78, 5) is 0.161. The first-order chi connectivity index (χ1) is 18.1. The van der Waals surface area contributed by atoms with E-state index in [0.717, 1.165) is 16.7 Å². The van der Waals surface area contributed by atoms with Crippen molar-refractivity contribution in [1.82, 2.24) is 0 Å². The van der Waals surface area contributed by atoms with Crippen molar-refractivity contribution in [2.24, 2.45) is 0 Å². The van der Waals surface area contributed by atoms with E-state index in [0.29, 0.717) is 0 Å². The fourth-order valence-electron chi connectivity index (χ4n) is 2.53. The number of hydrogen-bond acceptors (Lipinski definition) is 10. The molecule has 14 heteroatoms. The highest BCUT2D eigenvalue weighted by molar-refractivity contribution is 8.13. The fraction of sp³-hybridized carbons (Fsp3) is 0.333. The van der Waals surface area contributed by atoms with E-state index in [1.54, 1.807) is 36.4 Å². The Morgan fingerprint density at radius 1 is 0.537 bits per heavy atom. The first kappa shape index (κ1) is 40.8. The monoisotopic (exact) mass is 654 g/mol. The molecule has 0 aromatic heterocycles. The molecule has 0 atom stereocenters. The van der Waals surface area contributed by atoms with Gasteiger partial charge in [0.2, 0.25) is 0 Å². The van der Waals surface area contributed by atoms with E-state index in [-0.39, 0.29) is 42.8 Å². The number of aliphatic hydroxyl groups excluding tert-OH is 2. The molecule has 0 saturated heterocycles. The van der Waals surface area contributed by atoms with Gasteiger partial charge < -0.3 is 10.2 Å². The van der Waals surface area contributed by atoms with E-state index in [2.05, 4.69) is 0 Å². The first-order valence-electron chi connectivity index (χ1n) is 11.3. The fourth-order valence-corrected chi connectivity index (χ4v) is 5.09. The molecule has 0 bridgehead atoms. The second kappa shape index (κ2) is 18.9. The quantitative estimate of drug-likeness (QED) is 0.190. The molecule has 3 aromatic rings. The average Bonchev–Trinajstić information content (AvgIpc) is 2.87. The Bertz CT molecular complexity index is 1390. The zero-order valence-electron chi connectivity index (χ0n) is 21.5. The van der Waals surface area contributed by atoms with Gasteiger partial charge in [0.1, 0.15) is 0 Å². The summed E-state index contributed by atoms with van der Waals surface area (Å²) in [7, 11) is -6.34. The van der Waals surface area contributed by atoms with Gasteiger partial charge >= 0.3 is 0 Å². The lowest BCUT2D eigenvalue weighted by molar-refractivity contribution is 0.186. The highest BCUT2D eigenvalue weighted by atomic mass is 35.7. The Morgan fingerprint density at radius 2 is 0.780 bits per heavy atom. The minimum Gasteiger partial charge on any atom is -0.394 e. The van der Waals surface area contributed by atoms with E-state index < -0.39 is 42.5 Å². The van der Waals surface area contributed by atoms with Crippen LogP contribution in [0.15, 0.2) is 87.5 Å². The van der Waals surface area contributed by atoms with Gasteiger partial charge in [0.05, 0.1) is 41.1 Å². The number of hydrogen-bond donors (Lipinski definition) is 2. The van der Waals surface area contributed by atoms with Crippen molar-refractivity contribution >= 4 is 40.0 Å². The van der Waals surface area contributed by atoms with Gasteiger partial charge in [0, 0.05) is 10.7 Å². The molecule has 232 valence electrons. The molecule has 2 N–H and O–H groups in total. The lowest BCUT2D eigenvalue weighted by atomic mass is 10.2. The highest BCUT2D eigenvalue weighted by Crippen LogP contribution is 2.16. The van der Waals surface area contributed by atoms with Crippen LogP contribution in [0.2, 0.25) is 0 Å². The maximum absolute atomic E-state index is 11.9. The number of halogens is 1. The summed E-state index contributed by atoms with van der Waals surface area (Å²) >= 11 is 0. The summed E-state index contributed by atoms with van der Waals surface area (Å²) in [5.41, 5.74) is 2.84. The third-order valence-electron chi connectivity index (χ3n) is 4.58. The van der Waals surface area contributed by atoms with Gasteiger partial charge in [-0.25, -0.2) is 8.42 Å². The Balaban J connectivity index is 0. The molecule has 3 aromatic carbocycles. The molecule has 0 radical (unpaired) electrons. The highest BCUT2D eigenvalue weighted by Gasteiger charge is 2.18. The third-order valence-corrected chi connectivity index (χ3v) is 8.60. The second-order valence-corrected chi connectivity index (χ2v) is 13.7. The van der Waals surface area contributed by atoms with Gasteiger partial charge in [-0.2, -0.15) is 16.8 Å². The van der Waals surface area contributed by atoms with Crippen LogP contribution in [0.25, 0.3) is 0 Å². The smallest absolute Gasteiger partial charge is 0.297 e. The molecule has 0 saturated carbocycles. The second-order valence-electron chi connectivity index (χ2n) is 7.88. The van der Waals surface area contributed by atoms with Gasteiger partial charge in [-0.1, -0.05) is 67.9 Å². The van der Waals surface area contributed by atoms with Crippen LogP contribution in [0.5, 0.6) is 0 Å². The van der Waals surface area contributed by atoms with Crippen LogP contribution in [0.1, 0.15) is 31.5 Å². The molecule has 0 aliphatic rings. The van der Waals surface area contributed by atoms with Crippen LogP contribution < -0.4 is 0 Å². The van der Waals surface area contributed by atoms with Crippen molar-refractivity contribution in [3.8, 4) is 0 Å². The largest absolute Gasteiger partial charge is 0.394 e. The van der Waals surface area contributed by atoms with Crippen molar-refractivity contribution in [1.29, 1.82) is 0 Å². The molecule has 0 unspecified atom stereocenters. The summed E-state index contributed by atoms with van der Waals surface area (Å²) in [6, 6.07) is 18.7. The van der Waals surface area contributed by atoms with Crippen molar-refractivity contribution in [3.63, 3.8) is 0 Å². The Morgan fingerprint density at radius 3 is 1.00 bits per heavy atom. The third kappa shape index (κ3) is 15.4. The minimum atomic E-state index is -3.94. The number of aryl methyl sites for hydroxylation is 3. The standard InChI is InChI=1S/C16H18O6S2.C7H7ClO2S.C2H6O2.2CH4/c1-13-3-7-15(8-4-13)23(17,18)21-11-12-22-24(19,20)16-9-5-14(2)6-10-16;1-6-2-4-7(5-3-6)11(8,9)10;3-1-2-4;;/h3-10H,11-12H2,1-2H3;2-5H,1H3;3-4H,1-2H2;2*1H4. The molecular formula is C27H39ClO10S3. The summed E-state index contributed by atoms with van der Waals surface area (Å²) in [6.45, 7) is 4.50. The van der Waals surface area contributed by atoms with Gasteiger partial charge in [-0.15, -0.1) is 0 Å². The van der Waals surface area contributed by atoms with Crippen LogP contribution >= 0.6 is 10.7 Å². The number of rotatable bonds is 9. The normalized spacial score (nSPS) is 11.0. The SMILES string of the molecule is C.C.Cc1ccc(S(=O)(=O)Cl)cc1.Cc1ccc(S(=O)(=O)OCCOS(=O)(=O)c2ccc(C)cc2)cc1.OCCO. The van der Waals surface area contributed by atoms with Gasteiger partial charge in [0.25, 0.3) is 29.3 Å². The molecular weight excluding hydrogens is 616 g/mol. The zero-order chi connectivity index (χ0) is 29.7. The van der Waals surface area contributed by atoms with Crippen LogP contribution in [-0.4, -0.2) is 61.9 Å². The first-order valence-corrected chi connectivity index (χ1v) is 16.4. The summed E-state index contributed by atoms with van der Waals surface area (Å²) in [5.74, 6) is 0. The van der Waals surface area contributed by atoms with Gasteiger partial charge in [-0.3, -0.25) is 8.37 Å². The van der Waals surface area contributed by atoms with E-state index in [9.17, 15) is 25.3 Å². The molecule has 0 aliphatic heterocycles. The van der Waals surface area contributed by atoms with Crippen molar-refractivity contribution in [3.05, 3.63) is 89.5 Å². The van der Waals surface area contributed by atoms with Gasteiger partial charge in [0.15, 0.2) is 0 Å². The molecule has 0 heterocycles. The van der Waals surface area contributed by atoms with Crippen LogP contribution in [0.3, 0.4) is 0 Å². The van der Waals surface area contributed by atoms with E-state index >= 15 is 0 Å². The van der Waals surface area contributed by atoms with Crippen LogP contribution in [0, 0.1) is 20.8 Å². The number of aliphatic hydroxyl groups is 2. The average molecular weight is 655 g/mol. The van der Waals surface area contributed by atoms with Crippen LogP contribution in [0.4, 0.5) is 0 Å². The predicted octanol–water partition coefficient (Wildman–Crippen LogP) is 4.58. The summed E-state index contributed by atoms with van der Waals surface area (Å²) < 4.78 is 78.8. The Hall–Kier alpha value is -2.36. The molecule has 10 nitrogen and oxygen atoms in total. The van der Waals surface area contributed by atoms with Crippen molar-refractivity contribution in [2.45, 2.75) is 50.3 Å². The van der Waals surface area contributed by atoms with Crippen molar-refractivity contribution < 1.29 is 43.8 Å². The Labute approximate surface area is 249 Å². The Kier molecular flexibility index (Phi) is 18.8. The molecule has 0 spiro atoms. The summed E-state index contributed by atoms with van der Waals surface area (Å²) in [6.07, 6.45) is 0. The predicted molar refractivity (Wildman–Crippen MR) is 160 cm³/mol. The lowest BCUT2D eigenvalue weighted by Crippen LogP contribution is -2.15. The summed E-state index contributed by atoms with van der Waals surface area (Å²) in [5, 5.41) is 15.2. The molecule has 0 fully saturated rings. The van der Waals surface area contributed by atoms with E-state index in [1.165, 1.54) is 36.4 Å². The number of benzene rings is 3. The molecule has 41 heavy (non-hydrogen) atoms. The van der Waals surface area contributed by atoms with E-state index in [4.69, 9.17) is 29.3 Å². The molecule has 3 rings (SSSR count). The lowest BCUT2D eigenvalue weighted by Gasteiger charge is -2.08. The zero-order valence-corrected chi connectivity index (χ0v) is 24.7. The maximum atomic E-state index is 11.9. The van der Waals surface area contributed by atoms with Crippen LogP contribution in [-0.2, 0) is 37.7 Å². The molecule has 0 amide bonds. The van der Waals surface area contributed by atoms with Gasteiger partial charge in [-0.05, 0) is 57.2 Å². The minimum absolute atomic E-state index is 0. The molecule has 0 aliphatic carbocycles. The van der Waals surface area contributed by atoms with Crippen molar-refractivity contribution in [2.75, 3.05) is 26.4 Å².